The number of aryl methyl sites for hydroxylation is 2. The normalized spacial score (nSPS) is 26.6. The van der Waals surface area contributed by atoms with Gasteiger partial charge in [-0.1, -0.05) is 0 Å². The fraction of sp³-hybridized carbons (Fsp3) is 0.762. The van der Waals surface area contributed by atoms with Gasteiger partial charge in [-0.3, -0.25) is 19.4 Å². The molecule has 0 bridgehead atoms. The Balaban J connectivity index is 1.13. The Hall–Kier alpha value is -1.73. The lowest BCUT2D eigenvalue weighted by Gasteiger charge is -2.37. The second-order valence-electron chi connectivity index (χ2n) is 8.83. The van der Waals surface area contributed by atoms with E-state index in [9.17, 15) is 9.59 Å². The van der Waals surface area contributed by atoms with Gasteiger partial charge in [0.1, 0.15) is 0 Å². The molecule has 1 atom stereocenters. The summed E-state index contributed by atoms with van der Waals surface area (Å²) < 4.78 is 1.66. The lowest BCUT2D eigenvalue weighted by Crippen LogP contribution is -2.53. The van der Waals surface area contributed by atoms with Gasteiger partial charge in [0, 0.05) is 51.4 Å². The molecule has 3 fully saturated rings. The summed E-state index contributed by atoms with van der Waals surface area (Å²) in [7, 11) is 0. The monoisotopic (exact) mass is 385 g/mol. The van der Waals surface area contributed by atoms with Gasteiger partial charge in [-0.2, -0.15) is 5.10 Å². The van der Waals surface area contributed by atoms with Crippen molar-refractivity contribution >= 4 is 5.91 Å². The maximum absolute atomic E-state index is 12.7. The molecular formula is C21H31N5O2. The molecule has 1 unspecified atom stereocenters. The molecule has 152 valence electrons. The van der Waals surface area contributed by atoms with E-state index in [-0.39, 0.29) is 11.6 Å². The highest BCUT2D eigenvalue weighted by Crippen LogP contribution is 2.32. The molecule has 1 amide bonds. The van der Waals surface area contributed by atoms with Crippen molar-refractivity contribution in [3.05, 3.63) is 27.7 Å². The molecule has 7 nitrogen and oxygen atoms in total. The average molecular weight is 386 g/mol. The van der Waals surface area contributed by atoms with Crippen LogP contribution >= 0.6 is 0 Å². The van der Waals surface area contributed by atoms with Crippen molar-refractivity contribution in [2.45, 2.75) is 63.6 Å². The summed E-state index contributed by atoms with van der Waals surface area (Å²) in [6.07, 6.45) is 7.73. The number of hydrogen-bond acceptors (Lipinski definition) is 5. The molecule has 5 rings (SSSR count). The SMILES string of the molecule is O=C1C(N2CCN(CCn3nc4c(cc3=O)CCCC4)CC2)CCN1C1CC1. The Morgan fingerprint density at radius 2 is 1.71 bits per heavy atom. The Morgan fingerprint density at radius 3 is 2.50 bits per heavy atom. The van der Waals surface area contributed by atoms with E-state index in [0.717, 1.165) is 69.8 Å². The molecule has 2 aliphatic carbocycles. The molecule has 2 aliphatic heterocycles. The first kappa shape index (κ1) is 18.3. The molecule has 7 heteroatoms. The standard InChI is InChI=1S/C21H31N5O2/c27-20-15-16-3-1-2-4-18(16)22-26(20)14-11-23-9-12-24(13-10-23)19-7-8-25(21(19)28)17-5-6-17/h15,17,19H,1-14H2. The molecule has 28 heavy (non-hydrogen) atoms. The van der Waals surface area contributed by atoms with Crippen molar-refractivity contribution < 1.29 is 4.79 Å². The van der Waals surface area contributed by atoms with Crippen LogP contribution in [0, 0.1) is 0 Å². The Labute approximate surface area is 166 Å². The third-order valence-electron chi connectivity index (χ3n) is 6.95. The zero-order valence-corrected chi connectivity index (χ0v) is 16.7. The number of carbonyl (C=O) groups excluding carboxylic acids is 1. The highest BCUT2D eigenvalue weighted by atomic mass is 16.2. The lowest BCUT2D eigenvalue weighted by atomic mass is 9.97. The number of amides is 1. The van der Waals surface area contributed by atoms with E-state index in [1.165, 1.54) is 25.7 Å². The summed E-state index contributed by atoms with van der Waals surface area (Å²) in [5, 5.41) is 4.63. The Kier molecular flexibility index (Phi) is 4.97. The molecule has 0 N–H and O–H groups in total. The number of hydrogen-bond donors (Lipinski definition) is 0. The molecule has 2 saturated heterocycles. The average Bonchev–Trinajstić information content (AvgIpc) is 3.49. The highest BCUT2D eigenvalue weighted by molar-refractivity contribution is 5.84. The number of aromatic nitrogens is 2. The van der Waals surface area contributed by atoms with E-state index in [2.05, 4.69) is 19.8 Å². The van der Waals surface area contributed by atoms with Gasteiger partial charge in [0.15, 0.2) is 0 Å². The number of fused-ring (bicyclic) bond motifs is 1. The van der Waals surface area contributed by atoms with Crippen molar-refractivity contribution in [1.82, 2.24) is 24.5 Å². The number of rotatable bonds is 5. The van der Waals surface area contributed by atoms with Crippen LogP contribution in [0.3, 0.4) is 0 Å². The first-order valence-electron chi connectivity index (χ1n) is 11.1. The third kappa shape index (κ3) is 3.62. The van der Waals surface area contributed by atoms with Gasteiger partial charge in [-0.15, -0.1) is 0 Å². The van der Waals surface area contributed by atoms with Gasteiger partial charge in [0.2, 0.25) is 5.91 Å². The summed E-state index contributed by atoms with van der Waals surface area (Å²) in [5.41, 5.74) is 2.31. The molecule has 1 saturated carbocycles. The zero-order valence-electron chi connectivity index (χ0n) is 16.7. The lowest BCUT2D eigenvalue weighted by molar-refractivity contribution is -0.133. The van der Waals surface area contributed by atoms with E-state index in [1.54, 1.807) is 10.7 Å². The largest absolute Gasteiger partial charge is 0.338 e. The molecule has 0 radical (unpaired) electrons. The van der Waals surface area contributed by atoms with Crippen molar-refractivity contribution in [3.8, 4) is 0 Å². The maximum Gasteiger partial charge on any atom is 0.267 e. The first-order valence-corrected chi connectivity index (χ1v) is 11.1. The van der Waals surface area contributed by atoms with E-state index in [1.807, 2.05) is 0 Å². The van der Waals surface area contributed by atoms with Crippen LogP contribution in [0.5, 0.6) is 0 Å². The topological polar surface area (TPSA) is 61.7 Å². The maximum atomic E-state index is 12.7. The third-order valence-corrected chi connectivity index (χ3v) is 6.95. The van der Waals surface area contributed by atoms with Crippen LogP contribution in [-0.4, -0.2) is 81.7 Å². The molecule has 0 spiro atoms. The predicted octanol–water partition coefficient (Wildman–Crippen LogP) is 0.503. The molecular weight excluding hydrogens is 354 g/mol. The number of nitrogens with zero attached hydrogens (tertiary/aromatic N) is 5. The van der Waals surface area contributed by atoms with Crippen LogP contribution in [0.2, 0.25) is 0 Å². The molecule has 4 aliphatic rings. The molecule has 0 aromatic carbocycles. The van der Waals surface area contributed by atoms with E-state index < -0.39 is 0 Å². The fourth-order valence-corrected chi connectivity index (χ4v) is 5.07. The zero-order chi connectivity index (χ0) is 19.1. The van der Waals surface area contributed by atoms with Crippen molar-refractivity contribution in [2.75, 3.05) is 39.3 Å². The summed E-state index contributed by atoms with van der Waals surface area (Å²) in [6, 6.07) is 2.45. The van der Waals surface area contributed by atoms with Crippen LogP contribution in [0.15, 0.2) is 10.9 Å². The van der Waals surface area contributed by atoms with Gasteiger partial charge in [0.25, 0.3) is 5.56 Å². The van der Waals surface area contributed by atoms with Crippen LogP contribution < -0.4 is 5.56 Å². The second-order valence-corrected chi connectivity index (χ2v) is 8.83. The number of piperazine rings is 1. The minimum atomic E-state index is 0.0380. The molecule has 1 aromatic rings. The minimum Gasteiger partial charge on any atom is -0.338 e. The number of carbonyl (C=O) groups is 1. The van der Waals surface area contributed by atoms with Crippen LogP contribution in [-0.2, 0) is 24.2 Å². The van der Waals surface area contributed by atoms with Crippen LogP contribution in [0.1, 0.15) is 43.4 Å². The fourth-order valence-electron chi connectivity index (χ4n) is 5.07. The Morgan fingerprint density at radius 1 is 0.929 bits per heavy atom. The van der Waals surface area contributed by atoms with E-state index in [4.69, 9.17) is 0 Å². The van der Waals surface area contributed by atoms with Gasteiger partial charge in [-0.05, 0) is 50.5 Å². The summed E-state index contributed by atoms with van der Waals surface area (Å²) in [5.74, 6) is 0.362. The van der Waals surface area contributed by atoms with Crippen molar-refractivity contribution in [2.24, 2.45) is 0 Å². The van der Waals surface area contributed by atoms with Crippen molar-refractivity contribution in [1.29, 1.82) is 0 Å². The first-order chi connectivity index (χ1) is 13.7. The van der Waals surface area contributed by atoms with Crippen LogP contribution in [0.25, 0.3) is 0 Å². The summed E-state index contributed by atoms with van der Waals surface area (Å²) in [6.45, 7) is 6.28. The van der Waals surface area contributed by atoms with Crippen molar-refractivity contribution in [3.63, 3.8) is 0 Å². The quantitative estimate of drug-likeness (QED) is 0.739. The Bertz CT molecular complexity index is 794. The smallest absolute Gasteiger partial charge is 0.267 e. The van der Waals surface area contributed by atoms with E-state index >= 15 is 0 Å². The molecule has 1 aromatic heterocycles. The number of likely N-dealkylation sites (tertiary alicyclic amines) is 1. The summed E-state index contributed by atoms with van der Waals surface area (Å²) in [4.78, 5) is 31.9. The van der Waals surface area contributed by atoms with Gasteiger partial charge in [-0.25, -0.2) is 4.68 Å². The predicted molar refractivity (Wildman–Crippen MR) is 106 cm³/mol. The van der Waals surface area contributed by atoms with Gasteiger partial charge in [0.05, 0.1) is 18.3 Å². The minimum absolute atomic E-state index is 0.0380. The van der Waals surface area contributed by atoms with Gasteiger partial charge >= 0.3 is 0 Å². The second kappa shape index (κ2) is 7.59. The van der Waals surface area contributed by atoms with Crippen LogP contribution in [0.4, 0.5) is 0 Å². The molecule has 3 heterocycles. The summed E-state index contributed by atoms with van der Waals surface area (Å²) >= 11 is 0. The highest BCUT2D eigenvalue weighted by Gasteiger charge is 2.43. The van der Waals surface area contributed by atoms with Gasteiger partial charge < -0.3 is 4.90 Å². The van der Waals surface area contributed by atoms with E-state index in [0.29, 0.717) is 18.5 Å².